The minimum atomic E-state index is -0.200. The molecule has 5 heteroatoms. The molecule has 0 unspecified atom stereocenters. The summed E-state index contributed by atoms with van der Waals surface area (Å²) in [6, 6.07) is 17.6. The molecule has 1 N–H and O–H groups in total. The van der Waals surface area contributed by atoms with E-state index in [-0.39, 0.29) is 5.91 Å². The Labute approximate surface area is 145 Å². The molecule has 1 heterocycles. The Balaban J connectivity index is 1.50. The van der Waals surface area contributed by atoms with Crippen LogP contribution in [-0.4, -0.2) is 25.3 Å². The van der Waals surface area contributed by atoms with Crippen LogP contribution in [0, 0.1) is 0 Å². The van der Waals surface area contributed by atoms with Crippen molar-refractivity contribution in [1.29, 1.82) is 0 Å². The van der Waals surface area contributed by atoms with Crippen LogP contribution in [0.25, 0.3) is 11.0 Å². The zero-order valence-electron chi connectivity index (χ0n) is 13.5. The van der Waals surface area contributed by atoms with E-state index in [1.54, 1.807) is 24.9 Å². The fourth-order valence-electron chi connectivity index (χ4n) is 2.40. The Morgan fingerprint density at radius 1 is 1.17 bits per heavy atom. The molecule has 124 valence electrons. The lowest BCUT2D eigenvalue weighted by molar-refractivity contribution is 0.0930. The summed E-state index contributed by atoms with van der Waals surface area (Å²) in [5.74, 6) is 2.53. The third-order valence-electron chi connectivity index (χ3n) is 3.60. The number of hydrogen-bond acceptors (Lipinski definition) is 4. The van der Waals surface area contributed by atoms with Crippen molar-refractivity contribution in [3.8, 4) is 5.75 Å². The molecule has 4 nitrogen and oxygen atoms in total. The summed E-state index contributed by atoms with van der Waals surface area (Å²) in [6.45, 7) is 0.602. The van der Waals surface area contributed by atoms with E-state index >= 15 is 0 Å². The Kier molecular flexibility index (Phi) is 5.43. The van der Waals surface area contributed by atoms with Crippen LogP contribution < -0.4 is 10.1 Å². The standard InChI is InChI=1S/C19H19NO3S/c1-22-16-9-5-8-15-12-17(23-18(15)16)19(21)20-10-11-24-13-14-6-3-2-4-7-14/h2-9,12H,10-11,13H2,1H3,(H,20,21). The third-order valence-corrected chi connectivity index (χ3v) is 4.63. The third kappa shape index (κ3) is 3.92. The molecule has 0 spiro atoms. The van der Waals surface area contributed by atoms with Gasteiger partial charge in [0.2, 0.25) is 0 Å². The molecule has 1 aromatic heterocycles. The minimum absolute atomic E-state index is 0.200. The summed E-state index contributed by atoms with van der Waals surface area (Å²) in [5, 5.41) is 3.75. The number of benzene rings is 2. The van der Waals surface area contributed by atoms with Crippen molar-refractivity contribution in [2.75, 3.05) is 19.4 Å². The van der Waals surface area contributed by atoms with Gasteiger partial charge in [-0.3, -0.25) is 4.79 Å². The molecule has 3 rings (SSSR count). The first-order valence-electron chi connectivity index (χ1n) is 7.74. The minimum Gasteiger partial charge on any atom is -0.493 e. The van der Waals surface area contributed by atoms with Crippen LogP contribution in [0.1, 0.15) is 16.1 Å². The van der Waals surface area contributed by atoms with Crippen LogP contribution in [-0.2, 0) is 5.75 Å². The highest BCUT2D eigenvalue weighted by atomic mass is 32.2. The van der Waals surface area contributed by atoms with Gasteiger partial charge < -0.3 is 14.5 Å². The van der Waals surface area contributed by atoms with Gasteiger partial charge in [-0.15, -0.1) is 0 Å². The van der Waals surface area contributed by atoms with E-state index in [9.17, 15) is 4.79 Å². The van der Waals surface area contributed by atoms with E-state index in [0.29, 0.717) is 23.6 Å². The number of furan rings is 1. The lowest BCUT2D eigenvalue weighted by Gasteiger charge is -2.04. The zero-order chi connectivity index (χ0) is 16.8. The fraction of sp³-hybridized carbons (Fsp3) is 0.211. The maximum absolute atomic E-state index is 12.2. The van der Waals surface area contributed by atoms with Gasteiger partial charge in [0.1, 0.15) is 0 Å². The van der Waals surface area contributed by atoms with Crippen molar-refractivity contribution in [2.45, 2.75) is 5.75 Å². The van der Waals surface area contributed by atoms with Crippen molar-refractivity contribution in [1.82, 2.24) is 5.32 Å². The maximum Gasteiger partial charge on any atom is 0.287 e. The molecule has 0 saturated carbocycles. The molecule has 0 fully saturated rings. The fourth-order valence-corrected chi connectivity index (χ4v) is 3.22. The maximum atomic E-state index is 12.2. The number of rotatable bonds is 7. The van der Waals surface area contributed by atoms with E-state index in [2.05, 4.69) is 17.4 Å². The van der Waals surface area contributed by atoms with Crippen molar-refractivity contribution >= 4 is 28.6 Å². The first-order chi connectivity index (χ1) is 11.8. The molecule has 0 saturated heterocycles. The Hall–Kier alpha value is -2.40. The van der Waals surface area contributed by atoms with Crippen LogP contribution in [0.4, 0.5) is 0 Å². The number of para-hydroxylation sites is 1. The van der Waals surface area contributed by atoms with Gasteiger partial charge in [-0.05, 0) is 17.7 Å². The summed E-state index contributed by atoms with van der Waals surface area (Å²) in [7, 11) is 1.58. The van der Waals surface area contributed by atoms with Crippen molar-refractivity contribution in [3.05, 3.63) is 65.9 Å². The quantitative estimate of drug-likeness (QED) is 0.657. The van der Waals surface area contributed by atoms with E-state index in [4.69, 9.17) is 9.15 Å². The van der Waals surface area contributed by atoms with Crippen LogP contribution in [0.15, 0.2) is 59.0 Å². The lowest BCUT2D eigenvalue weighted by atomic mass is 10.2. The smallest absolute Gasteiger partial charge is 0.287 e. The van der Waals surface area contributed by atoms with Crippen molar-refractivity contribution in [3.63, 3.8) is 0 Å². The summed E-state index contributed by atoms with van der Waals surface area (Å²) in [6.07, 6.45) is 0. The van der Waals surface area contributed by atoms with Gasteiger partial charge >= 0.3 is 0 Å². The van der Waals surface area contributed by atoms with Crippen molar-refractivity contribution < 1.29 is 13.9 Å². The molecule has 2 aromatic carbocycles. The first kappa shape index (κ1) is 16.5. The van der Waals surface area contributed by atoms with Crippen LogP contribution in [0.2, 0.25) is 0 Å². The number of fused-ring (bicyclic) bond motifs is 1. The Bertz CT molecular complexity index is 814. The lowest BCUT2D eigenvalue weighted by Crippen LogP contribution is -2.25. The SMILES string of the molecule is COc1cccc2cc(C(=O)NCCSCc3ccccc3)oc12. The van der Waals surface area contributed by atoms with E-state index in [0.717, 1.165) is 16.9 Å². The largest absolute Gasteiger partial charge is 0.493 e. The van der Waals surface area contributed by atoms with Gasteiger partial charge in [-0.1, -0.05) is 42.5 Å². The van der Waals surface area contributed by atoms with Gasteiger partial charge in [0.05, 0.1) is 7.11 Å². The van der Waals surface area contributed by atoms with E-state index in [1.165, 1.54) is 5.56 Å². The van der Waals surface area contributed by atoms with Gasteiger partial charge in [0.15, 0.2) is 17.1 Å². The molecule has 0 atom stereocenters. The van der Waals surface area contributed by atoms with Crippen LogP contribution in [0.3, 0.4) is 0 Å². The first-order valence-corrected chi connectivity index (χ1v) is 8.90. The zero-order valence-corrected chi connectivity index (χ0v) is 14.3. The molecular weight excluding hydrogens is 322 g/mol. The van der Waals surface area contributed by atoms with E-state index < -0.39 is 0 Å². The van der Waals surface area contributed by atoms with Gasteiger partial charge in [-0.25, -0.2) is 0 Å². The molecule has 3 aromatic rings. The Morgan fingerprint density at radius 3 is 2.79 bits per heavy atom. The number of carbonyl (C=O) groups is 1. The number of ether oxygens (including phenoxy) is 1. The molecule has 0 bridgehead atoms. The average Bonchev–Trinajstić information content (AvgIpc) is 3.06. The highest BCUT2D eigenvalue weighted by Gasteiger charge is 2.14. The predicted octanol–water partition coefficient (Wildman–Crippen LogP) is 4.10. The van der Waals surface area contributed by atoms with E-state index in [1.807, 2.05) is 36.4 Å². The summed E-state index contributed by atoms with van der Waals surface area (Å²) >= 11 is 1.79. The summed E-state index contributed by atoms with van der Waals surface area (Å²) in [4.78, 5) is 12.2. The molecule has 24 heavy (non-hydrogen) atoms. The molecular formula is C19H19NO3S. The second-order valence-corrected chi connectivity index (χ2v) is 6.39. The number of amides is 1. The van der Waals surface area contributed by atoms with Crippen molar-refractivity contribution in [2.24, 2.45) is 0 Å². The molecule has 1 amide bonds. The predicted molar refractivity (Wildman–Crippen MR) is 97.7 cm³/mol. The number of carbonyl (C=O) groups excluding carboxylic acids is 1. The topological polar surface area (TPSA) is 51.5 Å². The summed E-state index contributed by atoms with van der Waals surface area (Å²) in [5.41, 5.74) is 1.89. The highest BCUT2D eigenvalue weighted by molar-refractivity contribution is 7.98. The number of nitrogens with one attached hydrogen (secondary N) is 1. The molecule has 0 aliphatic heterocycles. The second kappa shape index (κ2) is 7.93. The summed E-state index contributed by atoms with van der Waals surface area (Å²) < 4.78 is 10.9. The monoisotopic (exact) mass is 341 g/mol. The number of methoxy groups -OCH3 is 1. The number of thioether (sulfide) groups is 1. The van der Waals surface area contributed by atoms with Gasteiger partial charge in [0, 0.05) is 23.4 Å². The normalized spacial score (nSPS) is 10.7. The average molecular weight is 341 g/mol. The van der Waals surface area contributed by atoms with Gasteiger partial charge in [-0.2, -0.15) is 11.8 Å². The molecule has 0 aliphatic rings. The second-order valence-electron chi connectivity index (χ2n) is 5.28. The van der Waals surface area contributed by atoms with Crippen LogP contribution >= 0.6 is 11.8 Å². The van der Waals surface area contributed by atoms with Crippen LogP contribution in [0.5, 0.6) is 5.75 Å². The number of hydrogen-bond donors (Lipinski definition) is 1. The Morgan fingerprint density at radius 2 is 2.00 bits per heavy atom. The molecule has 0 aliphatic carbocycles. The molecule has 0 radical (unpaired) electrons. The highest BCUT2D eigenvalue weighted by Crippen LogP contribution is 2.28. The van der Waals surface area contributed by atoms with Gasteiger partial charge in [0.25, 0.3) is 5.91 Å².